The SMILES string of the molecule is O=C([C@H]1CCc2nc[nH]c2C1)N1CCN(Cc2ccncc2)CC1. The number of pyridine rings is 1. The average Bonchev–Trinajstić information content (AvgIpc) is 3.10. The van der Waals surface area contributed by atoms with Gasteiger partial charge in [0.15, 0.2) is 0 Å². The lowest BCUT2D eigenvalue weighted by atomic mass is 9.88. The van der Waals surface area contributed by atoms with Gasteiger partial charge < -0.3 is 9.88 Å². The molecule has 0 saturated carbocycles. The molecule has 3 heterocycles. The van der Waals surface area contributed by atoms with Crippen LogP contribution in [0.3, 0.4) is 0 Å². The normalized spacial score (nSPS) is 21.5. The molecule has 0 aromatic carbocycles. The predicted molar refractivity (Wildman–Crippen MR) is 90.2 cm³/mol. The Kier molecular flexibility index (Phi) is 4.30. The molecule has 1 N–H and O–H groups in total. The number of piperazine rings is 1. The molecule has 1 aliphatic heterocycles. The molecule has 0 unspecified atom stereocenters. The number of carbonyl (C=O) groups excluding carboxylic acids is 1. The van der Waals surface area contributed by atoms with E-state index < -0.39 is 0 Å². The van der Waals surface area contributed by atoms with E-state index in [1.807, 2.05) is 12.4 Å². The number of imidazole rings is 1. The first-order chi connectivity index (χ1) is 11.8. The number of aromatic amines is 1. The van der Waals surface area contributed by atoms with Crippen LogP contribution in [-0.2, 0) is 24.2 Å². The van der Waals surface area contributed by atoms with Crippen molar-refractivity contribution < 1.29 is 4.79 Å². The lowest BCUT2D eigenvalue weighted by Crippen LogP contribution is -2.50. The topological polar surface area (TPSA) is 65.1 Å². The summed E-state index contributed by atoms with van der Waals surface area (Å²) >= 11 is 0. The number of nitrogens with one attached hydrogen (secondary N) is 1. The molecule has 0 bridgehead atoms. The van der Waals surface area contributed by atoms with Gasteiger partial charge in [-0.2, -0.15) is 0 Å². The Balaban J connectivity index is 1.30. The van der Waals surface area contributed by atoms with Crippen LogP contribution in [0.4, 0.5) is 0 Å². The maximum atomic E-state index is 12.8. The van der Waals surface area contributed by atoms with Crippen molar-refractivity contribution in [2.45, 2.75) is 25.8 Å². The molecule has 1 atom stereocenters. The molecule has 126 valence electrons. The van der Waals surface area contributed by atoms with E-state index >= 15 is 0 Å². The summed E-state index contributed by atoms with van der Waals surface area (Å²) < 4.78 is 0. The fraction of sp³-hybridized carbons (Fsp3) is 0.500. The van der Waals surface area contributed by atoms with Gasteiger partial charge in [-0.25, -0.2) is 4.98 Å². The van der Waals surface area contributed by atoms with Crippen LogP contribution in [0, 0.1) is 5.92 Å². The van der Waals surface area contributed by atoms with Crippen molar-refractivity contribution >= 4 is 5.91 Å². The summed E-state index contributed by atoms with van der Waals surface area (Å²) in [6.45, 7) is 4.48. The summed E-state index contributed by atoms with van der Waals surface area (Å²) in [6, 6.07) is 4.11. The maximum Gasteiger partial charge on any atom is 0.226 e. The number of amides is 1. The van der Waals surface area contributed by atoms with E-state index in [1.54, 1.807) is 6.33 Å². The minimum absolute atomic E-state index is 0.115. The van der Waals surface area contributed by atoms with Crippen molar-refractivity contribution in [3.8, 4) is 0 Å². The van der Waals surface area contributed by atoms with Crippen molar-refractivity contribution in [2.75, 3.05) is 26.2 Å². The van der Waals surface area contributed by atoms with Crippen LogP contribution >= 0.6 is 0 Å². The molecule has 0 radical (unpaired) electrons. The Bertz CT molecular complexity index is 690. The van der Waals surface area contributed by atoms with Crippen LogP contribution in [0.15, 0.2) is 30.9 Å². The molecule has 6 nitrogen and oxygen atoms in total. The Morgan fingerprint density at radius 2 is 2.00 bits per heavy atom. The third-order valence-electron chi connectivity index (χ3n) is 5.18. The minimum Gasteiger partial charge on any atom is -0.348 e. The summed E-state index contributed by atoms with van der Waals surface area (Å²) in [7, 11) is 0. The fourth-order valence-electron chi connectivity index (χ4n) is 3.74. The van der Waals surface area contributed by atoms with E-state index in [4.69, 9.17) is 0 Å². The third-order valence-corrected chi connectivity index (χ3v) is 5.18. The molecular weight excluding hydrogens is 302 g/mol. The summed E-state index contributed by atoms with van der Waals surface area (Å²) in [5.74, 6) is 0.434. The van der Waals surface area contributed by atoms with Crippen LogP contribution in [0.5, 0.6) is 0 Å². The van der Waals surface area contributed by atoms with Crippen molar-refractivity contribution in [1.82, 2.24) is 24.8 Å². The maximum absolute atomic E-state index is 12.8. The van der Waals surface area contributed by atoms with Crippen LogP contribution in [0.25, 0.3) is 0 Å². The Morgan fingerprint density at radius 3 is 2.79 bits per heavy atom. The summed E-state index contributed by atoms with van der Waals surface area (Å²) in [4.78, 5) is 28.8. The monoisotopic (exact) mass is 325 g/mol. The van der Waals surface area contributed by atoms with E-state index in [9.17, 15) is 4.79 Å². The molecule has 24 heavy (non-hydrogen) atoms. The lowest BCUT2D eigenvalue weighted by Gasteiger charge is -2.37. The summed E-state index contributed by atoms with van der Waals surface area (Å²) in [5, 5.41) is 0. The van der Waals surface area contributed by atoms with Gasteiger partial charge in [-0.3, -0.25) is 14.7 Å². The van der Waals surface area contributed by atoms with Gasteiger partial charge in [0.05, 0.1) is 12.0 Å². The first-order valence-corrected chi connectivity index (χ1v) is 8.71. The van der Waals surface area contributed by atoms with E-state index in [0.29, 0.717) is 5.91 Å². The summed E-state index contributed by atoms with van der Waals surface area (Å²) in [5.41, 5.74) is 3.57. The van der Waals surface area contributed by atoms with Gasteiger partial charge in [-0.05, 0) is 30.5 Å². The molecule has 4 rings (SSSR count). The van der Waals surface area contributed by atoms with Gasteiger partial charge in [0.1, 0.15) is 0 Å². The number of aromatic nitrogens is 3. The standard InChI is InChI=1S/C18H23N5O/c24-18(15-1-2-16-17(11-15)21-13-20-16)23-9-7-22(8-10-23)12-14-3-5-19-6-4-14/h3-6,13,15H,1-2,7-12H2,(H,20,21)/t15-/m0/s1. The molecule has 1 amide bonds. The number of aryl methyl sites for hydroxylation is 1. The van der Waals surface area contributed by atoms with E-state index in [0.717, 1.165) is 63.4 Å². The van der Waals surface area contributed by atoms with Gasteiger partial charge in [-0.15, -0.1) is 0 Å². The second kappa shape index (κ2) is 6.73. The molecule has 1 aliphatic carbocycles. The second-order valence-corrected chi connectivity index (χ2v) is 6.72. The Labute approximate surface area is 141 Å². The molecule has 2 aliphatic rings. The molecular formula is C18H23N5O. The van der Waals surface area contributed by atoms with Gasteiger partial charge in [-0.1, -0.05) is 0 Å². The zero-order valence-corrected chi connectivity index (χ0v) is 13.8. The second-order valence-electron chi connectivity index (χ2n) is 6.72. The van der Waals surface area contributed by atoms with E-state index in [-0.39, 0.29) is 5.92 Å². The number of rotatable bonds is 3. The van der Waals surface area contributed by atoms with Crippen LogP contribution < -0.4 is 0 Å². The molecule has 1 saturated heterocycles. The first-order valence-electron chi connectivity index (χ1n) is 8.71. The number of H-pyrrole nitrogens is 1. The van der Waals surface area contributed by atoms with Gasteiger partial charge >= 0.3 is 0 Å². The number of nitrogens with zero attached hydrogens (tertiary/aromatic N) is 4. The van der Waals surface area contributed by atoms with Crippen molar-refractivity contribution in [2.24, 2.45) is 5.92 Å². The number of hydrogen-bond donors (Lipinski definition) is 1. The zero-order chi connectivity index (χ0) is 16.4. The molecule has 1 fully saturated rings. The highest BCUT2D eigenvalue weighted by Crippen LogP contribution is 2.25. The molecule has 0 spiro atoms. The highest BCUT2D eigenvalue weighted by molar-refractivity contribution is 5.79. The van der Waals surface area contributed by atoms with Gasteiger partial charge in [0.25, 0.3) is 0 Å². The molecule has 2 aromatic heterocycles. The smallest absolute Gasteiger partial charge is 0.226 e. The van der Waals surface area contributed by atoms with Gasteiger partial charge in [0, 0.05) is 63.2 Å². The highest BCUT2D eigenvalue weighted by Gasteiger charge is 2.31. The Morgan fingerprint density at radius 1 is 1.21 bits per heavy atom. The molecule has 6 heteroatoms. The van der Waals surface area contributed by atoms with E-state index in [2.05, 4.69) is 36.9 Å². The van der Waals surface area contributed by atoms with Crippen LogP contribution in [-0.4, -0.2) is 56.8 Å². The minimum atomic E-state index is 0.115. The zero-order valence-electron chi connectivity index (χ0n) is 13.8. The predicted octanol–water partition coefficient (Wildman–Crippen LogP) is 1.25. The number of hydrogen-bond acceptors (Lipinski definition) is 4. The third kappa shape index (κ3) is 3.19. The van der Waals surface area contributed by atoms with Gasteiger partial charge in [0.2, 0.25) is 5.91 Å². The van der Waals surface area contributed by atoms with Crippen LogP contribution in [0.1, 0.15) is 23.4 Å². The lowest BCUT2D eigenvalue weighted by molar-refractivity contribution is -0.137. The first kappa shape index (κ1) is 15.3. The van der Waals surface area contributed by atoms with Crippen molar-refractivity contribution in [1.29, 1.82) is 0 Å². The number of carbonyl (C=O) groups is 1. The van der Waals surface area contributed by atoms with Crippen molar-refractivity contribution in [3.63, 3.8) is 0 Å². The quantitative estimate of drug-likeness (QED) is 0.922. The molecule has 2 aromatic rings. The highest BCUT2D eigenvalue weighted by atomic mass is 16.2. The van der Waals surface area contributed by atoms with Crippen LogP contribution in [0.2, 0.25) is 0 Å². The average molecular weight is 325 g/mol. The number of fused-ring (bicyclic) bond motifs is 1. The Hall–Kier alpha value is -2.21. The van der Waals surface area contributed by atoms with Crippen molar-refractivity contribution in [3.05, 3.63) is 47.8 Å². The summed E-state index contributed by atoms with van der Waals surface area (Å²) in [6.07, 6.45) is 8.07. The fourth-order valence-corrected chi connectivity index (χ4v) is 3.74. The van der Waals surface area contributed by atoms with E-state index in [1.165, 1.54) is 5.56 Å². The largest absolute Gasteiger partial charge is 0.348 e.